The molecule has 2 N–H and O–H groups in total. The van der Waals surface area contributed by atoms with Crippen molar-refractivity contribution in [3.8, 4) is 11.5 Å². The highest BCUT2D eigenvalue weighted by Crippen LogP contribution is 2.25. The SMILES string of the molecule is CN(C)NC(=O)c1ccsc1NC(=O)c1ccc(Oc2ccccc2)cc1. The fraction of sp³-hybridized carbons (Fsp3) is 0.100. The van der Waals surface area contributed by atoms with Gasteiger partial charge in [-0.15, -0.1) is 11.3 Å². The van der Waals surface area contributed by atoms with Gasteiger partial charge in [0, 0.05) is 19.7 Å². The third-order valence-corrected chi connectivity index (χ3v) is 4.39. The van der Waals surface area contributed by atoms with E-state index in [-0.39, 0.29) is 11.8 Å². The number of hydrazine groups is 1. The van der Waals surface area contributed by atoms with Crippen LogP contribution in [0.1, 0.15) is 20.7 Å². The van der Waals surface area contributed by atoms with Crippen LogP contribution in [-0.2, 0) is 0 Å². The number of nitrogens with zero attached hydrogens (tertiary/aromatic N) is 1. The molecule has 0 aliphatic heterocycles. The highest BCUT2D eigenvalue weighted by Gasteiger charge is 2.16. The zero-order valence-electron chi connectivity index (χ0n) is 14.9. The maximum absolute atomic E-state index is 12.5. The summed E-state index contributed by atoms with van der Waals surface area (Å²) in [6, 6.07) is 17.9. The zero-order valence-corrected chi connectivity index (χ0v) is 15.7. The van der Waals surface area contributed by atoms with Crippen LogP contribution in [0.25, 0.3) is 0 Å². The molecule has 7 heteroatoms. The van der Waals surface area contributed by atoms with Crippen LogP contribution in [0.3, 0.4) is 0 Å². The molecule has 0 radical (unpaired) electrons. The minimum atomic E-state index is -0.289. The summed E-state index contributed by atoms with van der Waals surface area (Å²) in [5, 5.41) is 6.61. The molecule has 0 saturated heterocycles. The second kappa shape index (κ2) is 8.48. The Kier molecular flexibility index (Phi) is 5.85. The Hall–Kier alpha value is -3.16. The van der Waals surface area contributed by atoms with Gasteiger partial charge in [0.15, 0.2) is 0 Å². The van der Waals surface area contributed by atoms with E-state index in [1.807, 2.05) is 30.3 Å². The first-order valence-electron chi connectivity index (χ1n) is 8.23. The zero-order chi connectivity index (χ0) is 19.2. The van der Waals surface area contributed by atoms with Crippen molar-refractivity contribution in [2.75, 3.05) is 19.4 Å². The summed E-state index contributed by atoms with van der Waals surface area (Å²) in [6.45, 7) is 0. The van der Waals surface area contributed by atoms with E-state index in [2.05, 4.69) is 10.7 Å². The van der Waals surface area contributed by atoms with Gasteiger partial charge < -0.3 is 10.1 Å². The maximum atomic E-state index is 12.5. The molecule has 3 rings (SSSR count). The smallest absolute Gasteiger partial charge is 0.268 e. The fourth-order valence-corrected chi connectivity index (χ4v) is 3.10. The van der Waals surface area contributed by atoms with Crippen molar-refractivity contribution in [3.05, 3.63) is 77.2 Å². The summed E-state index contributed by atoms with van der Waals surface area (Å²) >= 11 is 1.30. The Balaban J connectivity index is 1.67. The molecule has 27 heavy (non-hydrogen) atoms. The number of anilines is 1. The van der Waals surface area contributed by atoms with Crippen molar-refractivity contribution in [2.45, 2.75) is 0 Å². The van der Waals surface area contributed by atoms with Crippen LogP contribution >= 0.6 is 11.3 Å². The number of nitrogens with one attached hydrogen (secondary N) is 2. The van der Waals surface area contributed by atoms with Crippen LogP contribution in [0, 0.1) is 0 Å². The molecule has 0 unspecified atom stereocenters. The van der Waals surface area contributed by atoms with Crippen molar-refractivity contribution < 1.29 is 14.3 Å². The molecule has 0 fully saturated rings. The fourth-order valence-electron chi connectivity index (χ4n) is 2.32. The highest BCUT2D eigenvalue weighted by atomic mass is 32.1. The molecule has 1 heterocycles. The number of amides is 2. The topological polar surface area (TPSA) is 70.7 Å². The molecule has 0 aliphatic rings. The Morgan fingerprint density at radius 3 is 2.22 bits per heavy atom. The predicted molar refractivity (Wildman–Crippen MR) is 106 cm³/mol. The largest absolute Gasteiger partial charge is 0.457 e. The Morgan fingerprint density at radius 1 is 0.889 bits per heavy atom. The van der Waals surface area contributed by atoms with Crippen LogP contribution < -0.4 is 15.5 Å². The van der Waals surface area contributed by atoms with Gasteiger partial charge in [-0.25, -0.2) is 5.01 Å². The molecule has 2 aromatic carbocycles. The minimum Gasteiger partial charge on any atom is -0.457 e. The molecule has 1 aromatic heterocycles. The normalized spacial score (nSPS) is 10.5. The summed E-state index contributed by atoms with van der Waals surface area (Å²) < 4.78 is 5.72. The van der Waals surface area contributed by atoms with Gasteiger partial charge in [-0.3, -0.25) is 15.0 Å². The number of ether oxygens (including phenoxy) is 1. The van der Waals surface area contributed by atoms with E-state index in [0.29, 0.717) is 21.9 Å². The van der Waals surface area contributed by atoms with Crippen molar-refractivity contribution in [1.29, 1.82) is 0 Å². The third-order valence-electron chi connectivity index (χ3n) is 3.56. The Bertz CT molecular complexity index is 921. The third kappa shape index (κ3) is 4.93. The quantitative estimate of drug-likeness (QED) is 0.633. The molecule has 6 nitrogen and oxygen atoms in total. The van der Waals surface area contributed by atoms with Gasteiger partial charge in [0.25, 0.3) is 11.8 Å². The summed E-state index contributed by atoms with van der Waals surface area (Å²) in [5.41, 5.74) is 3.56. The van der Waals surface area contributed by atoms with Crippen molar-refractivity contribution in [1.82, 2.24) is 10.4 Å². The standard InChI is InChI=1S/C20H19N3O3S/c1-23(2)22-19(25)17-12-13-27-20(17)21-18(24)14-8-10-16(11-9-14)26-15-6-4-3-5-7-15/h3-13H,1-2H3,(H,21,24)(H,22,25). The number of hydrogen-bond donors (Lipinski definition) is 2. The van der Waals surface area contributed by atoms with Gasteiger partial charge in [0.05, 0.1) is 5.56 Å². The molecular weight excluding hydrogens is 362 g/mol. The molecule has 0 atom stereocenters. The van der Waals surface area contributed by atoms with Crippen molar-refractivity contribution in [2.24, 2.45) is 0 Å². The lowest BCUT2D eigenvalue weighted by Gasteiger charge is -2.12. The van der Waals surface area contributed by atoms with Crippen LogP contribution in [0.2, 0.25) is 0 Å². The van der Waals surface area contributed by atoms with Gasteiger partial charge in [-0.2, -0.15) is 0 Å². The first-order valence-corrected chi connectivity index (χ1v) is 9.11. The molecule has 0 aliphatic carbocycles. The lowest BCUT2D eigenvalue weighted by molar-refractivity contribution is 0.0858. The summed E-state index contributed by atoms with van der Waals surface area (Å²) in [4.78, 5) is 24.7. The van der Waals surface area contributed by atoms with Crippen LogP contribution in [-0.4, -0.2) is 30.9 Å². The average Bonchev–Trinajstić information content (AvgIpc) is 3.11. The number of carbonyl (C=O) groups excluding carboxylic acids is 2. The van der Waals surface area contributed by atoms with E-state index in [4.69, 9.17) is 4.74 Å². The van der Waals surface area contributed by atoms with Crippen LogP contribution in [0.4, 0.5) is 5.00 Å². The number of hydrogen-bond acceptors (Lipinski definition) is 5. The molecule has 0 saturated carbocycles. The molecule has 3 aromatic rings. The van der Waals surface area contributed by atoms with Crippen molar-refractivity contribution in [3.63, 3.8) is 0 Å². The summed E-state index contributed by atoms with van der Waals surface area (Å²) in [5.74, 6) is 0.801. The average molecular weight is 381 g/mol. The molecule has 0 bridgehead atoms. The monoisotopic (exact) mass is 381 g/mol. The van der Waals surface area contributed by atoms with Gasteiger partial charge in [-0.1, -0.05) is 18.2 Å². The molecule has 138 valence electrons. The van der Waals surface area contributed by atoms with Gasteiger partial charge >= 0.3 is 0 Å². The number of benzene rings is 2. The second-order valence-electron chi connectivity index (χ2n) is 5.89. The van der Waals surface area contributed by atoms with Gasteiger partial charge in [-0.05, 0) is 47.8 Å². The summed E-state index contributed by atoms with van der Waals surface area (Å²) in [7, 11) is 3.45. The van der Waals surface area contributed by atoms with Gasteiger partial charge in [0.2, 0.25) is 0 Å². The van der Waals surface area contributed by atoms with Crippen LogP contribution in [0.15, 0.2) is 66.0 Å². The van der Waals surface area contributed by atoms with Gasteiger partial charge in [0.1, 0.15) is 16.5 Å². The lowest BCUT2D eigenvalue weighted by atomic mass is 10.2. The summed E-state index contributed by atoms with van der Waals surface area (Å²) in [6.07, 6.45) is 0. The van der Waals surface area contributed by atoms with E-state index in [1.54, 1.807) is 54.8 Å². The molecule has 2 amide bonds. The second-order valence-corrected chi connectivity index (χ2v) is 6.81. The maximum Gasteiger partial charge on any atom is 0.268 e. The van der Waals surface area contributed by atoms with Crippen molar-refractivity contribution >= 4 is 28.2 Å². The number of para-hydroxylation sites is 1. The minimum absolute atomic E-state index is 0.275. The lowest BCUT2D eigenvalue weighted by Crippen LogP contribution is -2.36. The van der Waals surface area contributed by atoms with E-state index in [9.17, 15) is 9.59 Å². The first kappa shape index (κ1) is 18.6. The van der Waals surface area contributed by atoms with E-state index >= 15 is 0 Å². The number of carbonyl (C=O) groups is 2. The van der Waals surface area contributed by atoms with Crippen LogP contribution in [0.5, 0.6) is 11.5 Å². The Labute approximate surface area is 161 Å². The van der Waals surface area contributed by atoms with E-state index in [0.717, 1.165) is 5.75 Å². The number of rotatable bonds is 6. The molecular formula is C20H19N3O3S. The molecule has 0 spiro atoms. The van der Waals surface area contributed by atoms with E-state index in [1.165, 1.54) is 11.3 Å². The van der Waals surface area contributed by atoms with E-state index < -0.39 is 0 Å². The highest BCUT2D eigenvalue weighted by molar-refractivity contribution is 7.14. The number of thiophene rings is 1. The predicted octanol–water partition coefficient (Wildman–Crippen LogP) is 4.00. The Morgan fingerprint density at radius 2 is 1.56 bits per heavy atom. The first-order chi connectivity index (χ1) is 13.0.